The highest BCUT2D eigenvalue weighted by molar-refractivity contribution is 5.13. The summed E-state index contributed by atoms with van der Waals surface area (Å²) < 4.78 is 0. The lowest BCUT2D eigenvalue weighted by molar-refractivity contribution is 0.262. The Morgan fingerprint density at radius 2 is 2.43 bits per heavy atom. The predicted octanol–water partition coefficient (Wildman–Crippen LogP) is 0.969. The van der Waals surface area contributed by atoms with Gasteiger partial charge in [-0.2, -0.15) is 5.10 Å². The van der Waals surface area contributed by atoms with Gasteiger partial charge in [-0.05, 0) is 19.8 Å². The molecule has 1 rings (SSSR count). The second-order valence-electron chi connectivity index (χ2n) is 3.52. The third-order valence-corrected chi connectivity index (χ3v) is 2.49. The lowest BCUT2D eigenvalue weighted by atomic mass is 10.1. The topological polar surface area (TPSA) is 60.9 Å². The molecule has 0 fully saturated rings. The Bertz CT molecular complexity index is 260. The number of aromatic amines is 1. The van der Waals surface area contributed by atoms with Gasteiger partial charge in [-0.1, -0.05) is 6.92 Å². The number of hydrogen-bond acceptors (Lipinski definition) is 3. The first-order chi connectivity index (χ1) is 6.77. The van der Waals surface area contributed by atoms with Crippen molar-refractivity contribution in [2.75, 3.05) is 6.61 Å². The minimum atomic E-state index is 0.246. The summed E-state index contributed by atoms with van der Waals surface area (Å²) in [6, 6.07) is 0.397. The normalized spacial score (nSPS) is 13.1. The molecule has 1 heterocycles. The molecule has 0 spiro atoms. The van der Waals surface area contributed by atoms with Crippen molar-refractivity contribution in [2.45, 2.75) is 39.3 Å². The third kappa shape index (κ3) is 3.12. The van der Waals surface area contributed by atoms with Crippen LogP contribution in [0.4, 0.5) is 0 Å². The van der Waals surface area contributed by atoms with Crippen LogP contribution in [0.2, 0.25) is 0 Å². The molecule has 0 amide bonds. The SMILES string of the molecule is CCC(CCO)NCc1cn[nH]c1C. The maximum Gasteiger partial charge on any atom is 0.0535 e. The molecular weight excluding hydrogens is 178 g/mol. The van der Waals surface area contributed by atoms with Gasteiger partial charge in [0.05, 0.1) is 6.20 Å². The summed E-state index contributed by atoms with van der Waals surface area (Å²) in [5, 5.41) is 19.1. The standard InChI is InChI=1S/C10H19N3O/c1-3-10(4-5-14)11-6-9-7-12-13-8(9)2/h7,10-11,14H,3-6H2,1-2H3,(H,12,13). The van der Waals surface area contributed by atoms with Crippen molar-refractivity contribution in [2.24, 2.45) is 0 Å². The number of rotatable bonds is 6. The molecular formula is C10H19N3O. The summed E-state index contributed by atoms with van der Waals surface area (Å²) >= 11 is 0. The van der Waals surface area contributed by atoms with E-state index in [2.05, 4.69) is 22.4 Å². The second-order valence-corrected chi connectivity index (χ2v) is 3.52. The van der Waals surface area contributed by atoms with Gasteiger partial charge in [0.15, 0.2) is 0 Å². The van der Waals surface area contributed by atoms with Crippen molar-refractivity contribution in [1.82, 2.24) is 15.5 Å². The Hall–Kier alpha value is -0.870. The maximum atomic E-state index is 8.82. The van der Waals surface area contributed by atoms with E-state index in [-0.39, 0.29) is 6.61 Å². The minimum absolute atomic E-state index is 0.246. The summed E-state index contributed by atoms with van der Waals surface area (Å²) in [5.74, 6) is 0. The summed E-state index contributed by atoms with van der Waals surface area (Å²) in [6.07, 6.45) is 3.69. The molecule has 14 heavy (non-hydrogen) atoms. The van der Waals surface area contributed by atoms with Crippen LogP contribution in [0.25, 0.3) is 0 Å². The Balaban J connectivity index is 2.35. The second kappa shape index (κ2) is 5.78. The van der Waals surface area contributed by atoms with Crippen molar-refractivity contribution in [1.29, 1.82) is 0 Å². The van der Waals surface area contributed by atoms with Crippen molar-refractivity contribution in [3.63, 3.8) is 0 Å². The number of aromatic nitrogens is 2. The van der Waals surface area contributed by atoms with Crippen LogP contribution in [0, 0.1) is 6.92 Å². The molecule has 0 radical (unpaired) electrons. The molecule has 0 saturated carbocycles. The van der Waals surface area contributed by atoms with E-state index in [4.69, 9.17) is 5.11 Å². The fourth-order valence-corrected chi connectivity index (χ4v) is 1.41. The van der Waals surface area contributed by atoms with Crippen LogP contribution >= 0.6 is 0 Å². The first kappa shape index (κ1) is 11.2. The van der Waals surface area contributed by atoms with Gasteiger partial charge in [0.2, 0.25) is 0 Å². The molecule has 1 aromatic heterocycles. The van der Waals surface area contributed by atoms with E-state index in [1.165, 1.54) is 5.56 Å². The lowest BCUT2D eigenvalue weighted by Crippen LogP contribution is -2.28. The van der Waals surface area contributed by atoms with E-state index >= 15 is 0 Å². The molecule has 0 saturated heterocycles. The van der Waals surface area contributed by atoms with Crippen LogP contribution in [0.5, 0.6) is 0 Å². The van der Waals surface area contributed by atoms with E-state index in [0.29, 0.717) is 6.04 Å². The maximum absolute atomic E-state index is 8.82. The molecule has 80 valence electrons. The van der Waals surface area contributed by atoms with Gasteiger partial charge in [0.1, 0.15) is 0 Å². The number of hydrogen-bond donors (Lipinski definition) is 3. The summed E-state index contributed by atoms with van der Waals surface area (Å²) in [5.41, 5.74) is 2.30. The molecule has 0 bridgehead atoms. The van der Waals surface area contributed by atoms with Crippen molar-refractivity contribution < 1.29 is 5.11 Å². The molecule has 3 N–H and O–H groups in total. The monoisotopic (exact) mass is 197 g/mol. The number of aliphatic hydroxyl groups excluding tert-OH is 1. The van der Waals surface area contributed by atoms with E-state index in [1.807, 2.05) is 13.1 Å². The van der Waals surface area contributed by atoms with E-state index in [0.717, 1.165) is 25.1 Å². The fourth-order valence-electron chi connectivity index (χ4n) is 1.41. The molecule has 0 aliphatic carbocycles. The summed E-state index contributed by atoms with van der Waals surface area (Å²) in [6.45, 7) is 5.20. The quantitative estimate of drug-likeness (QED) is 0.637. The van der Waals surface area contributed by atoms with E-state index < -0.39 is 0 Å². The molecule has 0 aromatic carbocycles. The highest BCUT2D eigenvalue weighted by Gasteiger charge is 2.06. The van der Waals surface area contributed by atoms with Gasteiger partial charge in [-0.3, -0.25) is 5.10 Å². The number of nitrogens with one attached hydrogen (secondary N) is 2. The van der Waals surface area contributed by atoms with Gasteiger partial charge in [0, 0.05) is 30.5 Å². The molecule has 1 atom stereocenters. The zero-order valence-electron chi connectivity index (χ0n) is 8.88. The smallest absolute Gasteiger partial charge is 0.0535 e. The fraction of sp³-hybridized carbons (Fsp3) is 0.700. The number of nitrogens with zero attached hydrogens (tertiary/aromatic N) is 1. The summed E-state index contributed by atoms with van der Waals surface area (Å²) in [4.78, 5) is 0. The van der Waals surface area contributed by atoms with Crippen molar-refractivity contribution in [3.05, 3.63) is 17.5 Å². The minimum Gasteiger partial charge on any atom is -0.396 e. The first-order valence-corrected chi connectivity index (χ1v) is 5.11. The van der Waals surface area contributed by atoms with Crippen LogP contribution in [0.1, 0.15) is 31.0 Å². The van der Waals surface area contributed by atoms with Crippen LogP contribution in [0.3, 0.4) is 0 Å². The van der Waals surface area contributed by atoms with Crippen molar-refractivity contribution >= 4 is 0 Å². The van der Waals surface area contributed by atoms with Gasteiger partial charge < -0.3 is 10.4 Å². The van der Waals surface area contributed by atoms with Gasteiger partial charge in [-0.25, -0.2) is 0 Å². The molecule has 0 aliphatic heterocycles. The molecule has 4 nitrogen and oxygen atoms in total. The van der Waals surface area contributed by atoms with Gasteiger partial charge >= 0.3 is 0 Å². The Kier molecular flexibility index (Phi) is 4.62. The van der Waals surface area contributed by atoms with Crippen LogP contribution in [-0.2, 0) is 6.54 Å². The molecule has 1 unspecified atom stereocenters. The largest absolute Gasteiger partial charge is 0.396 e. The van der Waals surface area contributed by atoms with Gasteiger partial charge in [0.25, 0.3) is 0 Å². The predicted molar refractivity (Wildman–Crippen MR) is 55.9 cm³/mol. The zero-order valence-corrected chi connectivity index (χ0v) is 8.88. The Morgan fingerprint density at radius 1 is 1.64 bits per heavy atom. The Labute approximate surface area is 84.7 Å². The van der Waals surface area contributed by atoms with Crippen molar-refractivity contribution in [3.8, 4) is 0 Å². The third-order valence-electron chi connectivity index (χ3n) is 2.49. The molecule has 4 heteroatoms. The van der Waals surface area contributed by atoms with Gasteiger partial charge in [-0.15, -0.1) is 0 Å². The molecule has 1 aromatic rings. The lowest BCUT2D eigenvalue weighted by Gasteiger charge is -2.15. The number of H-pyrrole nitrogens is 1. The summed E-state index contributed by atoms with van der Waals surface area (Å²) in [7, 11) is 0. The van der Waals surface area contributed by atoms with Crippen LogP contribution in [-0.4, -0.2) is 28.0 Å². The van der Waals surface area contributed by atoms with Crippen LogP contribution in [0.15, 0.2) is 6.20 Å². The molecule has 0 aliphatic rings. The average molecular weight is 197 g/mol. The highest BCUT2D eigenvalue weighted by Crippen LogP contribution is 2.04. The Morgan fingerprint density at radius 3 is 2.93 bits per heavy atom. The number of aliphatic hydroxyl groups is 1. The van der Waals surface area contributed by atoms with E-state index in [1.54, 1.807) is 0 Å². The number of aryl methyl sites for hydroxylation is 1. The van der Waals surface area contributed by atoms with E-state index in [9.17, 15) is 0 Å². The first-order valence-electron chi connectivity index (χ1n) is 5.11. The van der Waals surface area contributed by atoms with Crippen LogP contribution < -0.4 is 5.32 Å². The average Bonchev–Trinajstić information content (AvgIpc) is 2.59. The highest BCUT2D eigenvalue weighted by atomic mass is 16.3. The zero-order chi connectivity index (χ0) is 10.4.